The number of carbonyl (C=O) groups is 3. The van der Waals surface area contributed by atoms with Gasteiger partial charge >= 0.3 is 5.97 Å². The van der Waals surface area contributed by atoms with Gasteiger partial charge in [-0.1, -0.05) is 25.7 Å². The van der Waals surface area contributed by atoms with Crippen LogP contribution in [0.3, 0.4) is 0 Å². The highest BCUT2D eigenvalue weighted by molar-refractivity contribution is 5.88. The van der Waals surface area contributed by atoms with Gasteiger partial charge in [-0.2, -0.15) is 0 Å². The van der Waals surface area contributed by atoms with Gasteiger partial charge in [-0.25, -0.2) is 0 Å². The van der Waals surface area contributed by atoms with Crippen LogP contribution in [0.1, 0.15) is 64.7 Å². The molecule has 0 saturated heterocycles. The van der Waals surface area contributed by atoms with Crippen molar-refractivity contribution >= 4 is 17.8 Å². The maximum atomic E-state index is 12.2. The molecule has 3 N–H and O–H groups in total. The molecule has 0 radical (unpaired) electrons. The fraction of sp³-hybridized carbons (Fsp3) is 0.824. The average molecular weight is 324 g/mol. The molecule has 2 saturated carbocycles. The average Bonchev–Trinajstić information content (AvgIpc) is 2.96. The minimum Gasteiger partial charge on any atom is -0.481 e. The SMILES string of the molecule is CC(NC(=O)CC1CCCCC1)C(=O)N[C@@H]1CCC[C@@H]1C(=O)O. The third kappa shape index (κ3) is 5.22. The van der Waals surface area contributed by atoms with E-state index in [-0.39, 0.29) is 17.9 Å². The van der Waals surface area contributed by atoms with E-state index in [1.54, 1.807) is 6.92 Å². The first-order valence-corrected chi connectivity index (χ1v) is 8.80. The van der Waals surface area contributed by atoms with Crippen molar-refractivity contribution in [3.05, 3.63) is 0 Å². The number of carboxylic acid groups (broad SMARTS) is 1. The summed E-state index contributed by atoms with van der Waals surface area (Å²) in [7, 11) is 0. The summed E-state index contributed by atoms with van der Waals surface area (Å²) in [6.45, 7) is 1.65. The molecule has 0 aromatic carbocycles. The lowest BCUT2D eigenvalue weighted by molar-refractivity contribution is -0.142. The van der Waals surface area contributed by atoms with Gasteiger partial charge in [0.15, 0.2) is 0 Å². The largest absolute Gasteiger partial charge is 0.481 e. The Morgan fingerprint density at radius 3 is 2.39 bits per heavy atom. The summed E-state index contributed by atoms with van der Waals surface area (Å²) in [5.74, 6) is -1.31. The van der Waals surface area contributed by atoms with Crippen molar-refractivity contribution < 1.29 is 19.5 Å². The maximum absolute atomic E-state index is 12.2. The second-order valence-corrected chi connectivity index (χ2v) is 6.99. The molecule has 0 aromatic rings. The van der Waals surface area contributed by atoms with Gasteiger partial charge < -0.3 is 15.7 Å². The van der Waals surface area contributed by atoms with Crippen molar-refractivity contribution in [3.63, 3.8) is 0 Å². The van der Waals surface area contributed by atoms with E-state index in [0.29, 0.717) is 25.2 Å². The molecule has 0 aromatic heterocycles. The van der Waals surface area contributed by atoms with E-state index in [1.165, 1.54) is 19.3 Å². The van der Waals surface area contributed by atoms with Crippen molar-refractivity contribution in [1.29, 1.82) is 0 Å². The Hall–Kier alpha value is -1.59. The molecule has 1 unspecified atom stereocenters. The summed E-state index contributed by atoms with van der Waals surface area (Å²) in [4.78, 5) is 35.4. The number of amides is 2. The van der Waals surface area contributed by atoms with Crippen LogP contribution in [0.15, 0.2) is 0 Å². The first-order valence-electron chi connectivity index (χ1n) is 8.80. The first kappa shape index (κ1) is 17.8. The van der Waals surface area contributed by atoms with Crippen LogP contribution in [0, 0.1) is 11.8 Å². The van der Waals surface area contributed by atoms with E-state index in [9.17, 15) is 14.4 Å². The lowest BCUT2D eigenvalue weighted by atomic mass is 9.87. The molecule has 6 nitrogen and oxygen atoms in total. The molecule has 2 fully saturated rings. The summed E-state index contributed by atoms with van der Waals surface area (Å²) < 4.78 is 0. The third-order valence-electron chi connectivity index (χ3n) is 5.13. The quantitative estimate of drug-likeness (QED) is 0.694. The number of carbonyl (C=O) groups excluding carboxylic acids is 2. The monoisotopic (exact) mass is 324 g/mol. The smallest absolute Gasteiger partial charge is 0.308 e. The van der Waals surface area contributed by atoms with E-state index in [0.717, 1.165) is 19.3 Å². The van der Waals surface area contributed by atoms with Crippen LogP contribution in [0.5, 0.6) is 0 Å². The molecule has 6 heteroatoms. The molecule has 2 amide bonds. The molecule has 0 spiro atoms. The van der Waals surface area contributed by atoms with E-state index in [4.69, 9.17) is 5.11 Å². The van der Waals surface area contributed by atoms with Crippen molar-refractivity contribution in [2.24, 2.45) is 11.8 Å². The number of aliphatic carboxylic acids is 1. The minimum absolute atomic E-state index is 0.0826. The van der Waals surface area contributed by atoms with Gasteiger partial charge in [-0.3, -0.25) is 14.4 Å². The van der Waals surface area contributed by atoms with Crippen molar-refractivity contribution in [2.75, 3.05) is 0 Å². The molecular weight excluding hydrogens is 296 g/mol. The Bertz CT molecular complexity index is 446. The summed E-state index contributed by atoms with van der Waals surface area (Å²) in [6, 6.07) is -0.946. The van der Waals surface area contributed by atoms with Crippen LogP contribution < -0.4 is 10.6 Å². The molecule has 3 atom stereocenters. The number of carboxylic acids is 1. The van der Waals surface area contributed by atoms with Crippen LogP contribution in [0.4, 0.5) is 0 Å². The zero-order valence-electron chi connectivity index (χ0n) is 13.8. The van der Waals surface area contributed by atoms with Crippen LogP contribution >= 0.6 is 0 Å². The lowest BCUT2D eigenvalue weighted by Gasteiger charge is -2.23. The highest BCUT2D eigenvalue weighted by atomic mass is 16.4. The molecule has 2 aliphatic rings. The van der Waals surface area contributed by atoms with Crippen LogP contribution in [-0.2, 0) is 14.4 Å². The second kappa shape index (κ2) is 8.31. The van der Waals surface area contributed by atoms with E-state index in [2.05, 4.69) is 10.6 Å². The molecular formula is C17H28N2O4. The Labute approximate surface area is 137 Å². The van der Waals surface area contributed by atoms with Gasteiger partial charge in [0.2, 0.25) is 11.8 Å². The fourth-order valence-electron chi connectivity index (χ4n) is 3.76. The number of rotatable bonds is 6. The highest BCUT2D eigenvalue weighted by Crippen LogP contribution is 2.27. The molecule has 130 valence electrons. The first-order chi connectivity index (χ1) is 11.0. The van der Waals surface area contributed by atoms with Gasteiger partial charge in [0, 0.05) is 12.5 Å². The zero-order valence-corrected chi connectivity index (χ0v) is 13.8. The number of hydrogen-bond acceptors (Lipinski definition) is 3. The normalized spacial score (nSPS) is 26.5. The van der Waals surface area contributed by atoms with E-state index >= 15 is 0 Å². The number of nitrogens with one attached hydrogen (secondary N) is 2. The van der Waals surface area contributed by atoms with E-state index in [1.807, 2.05) is 0 Å². The predicted molar refractivity (Wildman–Crippen MR) is 85.7 cm³/mol. The van der Waals surface area contributed by atoms with Gasteiger partial charge in [-0.15, -0.1) is 0 Å². The maximum Gasteiger partial charge on any atom is 0.308 e. The minimum atomic E-state index is -0.859. The van der Waals surface area contributed by atoms with Gasteiger partial charge in [0.25, 0.3) is 0 Å². The molecule has 0 bridgehead atoms. The Morgan fingerprint density at radius 1 is 1.04 bits per heavy atom. The Morgan fingerprint density at radius 2 is 1.74 bits per heavy atom. The van der Waals surface area contributed by atoms with Gasteiger partial charge in [0.1, 0.15) is 6.04 Å². The van der Waals surface area contributed by atoms with Crippen LogP contribution in [-0.4, -0.2) is 35.0 Å². The van der Waals surface area contributed by atoms with Crippen molar-refractivity contribution in [2.45, 2.75) is 76.8 Å². The number of hydrogen-bond donors (Lipinski definition) is 3. The van der Waals surface area contributed by atoms with Crippen LogP contribution in [0.2, 0.25) is 0 Å². The van der Waals surface area contributed by atoms with Crippen molar-refractivity contribution in [1.82, 2.24) is 10.6 Å². The van der Waals surface area contributed by atoms with Crippen LogP contribution in [0.25, 0.3) is 0 Å². The second-order valence-electron chi connectivity index (χ2n) is 6.99. The van der Waals surface area contributed by atoms with Gasteiger partial charge in [0.05, 0.1) is 5.92 Å². The molecule has 2 aliphatic carbocycles. The predicted octanol–water partition coefficient (Wildman–Crippen LogP) is 1.83. The highest BCUT2D eigenvalue weighted by Gasteiger charge is 2.34. The molecule has 23 heavy (non-hydrogen) atoms. The summed E-state index contributed by atoms with van der Waals surface area (Å²) >= 11 is 0. The lowest BCUT2D eigenvalue weighted by Crippen LogP contribution is -2.50. The Kier molecular flexibility index (Phi) is 6.42. The molecule has 0 heterocycles. The topological polar surface area (TPSA) is 95.5 Å². The summed E-state index contributed by atoms with van der Waals surface area (Å²) in [6.07, 6.45) is 8.39. The Balaban J connectivity index is 1.75. The third-order valence-corrected chi connectivity index (χ3v) is 5.13. The standard InChI is InChI=1S/C17H28N2O4/c1-11(18-15(20)10-12-6-3-2-4-7-12)16(21)19-14-9-5-8-13(14)17(22)23/h11-14H,2-10H2,1H3,(H,18,20)(H,19,21)(H,22,23)/t11?,13-,14+/m0/s1. The van der Waals surface area contributed by atoms with Crippen molar-refractivity contribution in [3.8, 4) is 0 Å². The fourth-order valence-corrected chi connectivity index (χ4v) is 3.76. The van der Waals surface area contributed by atoms with E-state index < -0.39 is 17.9 Å². The summed E-state index contributed by atoms with van der Waals surface area (Å²) in [5.41, 5.74) is 0. The summed E-state index contributed by atoms with van der Waals surface area (Å²) in [5, 5.41) is 14.7. The van der Waals surface area contributed by atoms with Gasteiger partial charge in [-0.05, 0) is 38.5 Å². The molecule has 0 aliphatic heterocycles. The zero-order chi connectivity index (χ0) is 16.8. The molecule has 2 rings (SSSR count).